The second-order valence-electron chi connectivity index (χ2n) is 5.43. The van der Waals surface area contributed by atoms with Crippen LogP contribution >= 0.6 is 11.3 Å². The lowest BCUT2D eigenvalue weighted by Crippen LogP contribution is -2.30. The van der Waals surface area contributed by atoms with Gasteiger partial charge in [-0.25, -0.2) is 9.78 Å². The smallest absolute Gasteiger partial charge is 0.319 e. The molecule has 23 heavy (non-hydrogen) atoms. The van der Waals surface area contributed by atoms with Crippen LogP contribution in [-0.2, 0) is 13.1 Å². The van der Waals surface area contributed by atoms with Crippen LogP contribution in [-0.4, -0.2) is 29.3 Å². The maximum Gasteiger partial charge on any atom is 0.319 e. The van der Waals surface area contributed by atoms with Crippen molar-refractivity contribution in [3.05, 3.63) is 40.9 Å². The molecule has 1 aliphatic heterocycles. The van der Waals surface area contributed by atoms with Gasteiger partial charge in [-0.1, -0.05) is 12.1 Å². The third-order valence-corrected chi connectivity index (χ3v) is 4.62. The predicted octanol–water partition coefficient (Wildman–Crippen LogP) is 2.56. The summed E-state index contributed by atoms with van der Waals surface area (Å²) >= 11 is 1.62. The maximum atomic E-state index is 12.0. The number of carbonyl (C=O) groups excluding carboxylic acids is 1. The van der Waals surface area contributed by atoms with Gasteiger partial charge in [-0.3, -0.25) is 0 Å². The number of urea groups is 1. The lowest BCUT2D eigenvalue weighted by molar-refractivity contribution is 0.250. The first-order valence-electron chi connectivity index (χ1n) is 7.69. The Morgan fingerprint density at radius 2 is 2.26 bits per heavy atom. The van der Waals surface area contributed by atoms with Crippen molar-refractivity contribution in [2.75, 3.05) is 23.4 Å². The number of rotatable bonds is 6. The standard InChI is InChI=1S/C16H20N4O2S/c21-8-2-1-6-17-15(22)19-14-5-3-4-12-10-20(11-13(12)14)16-18-7-9-23-16/h3-5,7,9,21H,1-2,6,8,10-11H2,(H2,17,19,22). The molecule has 0 bridgehead atoms. The van der Waals surface area contributed by atoms with Gasteiger partial charge in [-0.05, 0) is 24.5 Å². The number of fused-ring (bicyclic) bond motifs is 1. The van der Waals surface area contributed by atoms with Crippen LogP contribution in [0.5, 0.6) is 0 Å². The van der Waals surface area contributed by atoms with E-state index in [1.807, 2.05) is 23.7 Å². The van der Waals surface area contributed by atoms with E-state index < -0.39 is 0 Å². The molecule has 3 N–H and O–H groups in total. The number of amides is 2. The Morgan fingerprint density at radius 1 is 1.35 bits per heavy atom. The summed E-state index contributed by atoms with van der Waals surface area (Å²) in [5.74, 6) is 0. The molecular weight excluding hydrogens is 312 g/mol. The van der Waals surface area contributed by atoms with E-state index in [2.05, 4.69) is 26.6 Å². The fraction of sp³-hybridized carbons (Fsp3) is 0.375. The van der Waals surface area contributed by atoms with Crippen LogP contribution in [0.1, 0.15) is 24.0 Å². The van der Waals surface area contributed by atoms with Gasteiger partial charge in [0.1, 0.15) is 0 Å². The van der Waals surface area contributed by atoms with E-state index in [1.54, 1.807) is 11.3 Å². The molecule has 3 rings (SSSR count). The zero-order valence-corrected chi connectivity index (χ0v) is 13.6. The van der Waals surface area contributed by atoms with Crippen molar-refractivity contribution in [1.29, 1.82) is 0 Å². The SMILES string of the molecule is O=C(NCCCCO)Nc1cccc2c1CN(c1nccs1)C2. The number of hydrogen-bond acceptors (Lipinski definition) is 5. The van der Waals surface area contributed by atoms with Gasteiger partial charge in [0.05, 0.1) is 0 Å². The molecule has 0 atom stereocenters. The predicted molar refractivity (Wildman–Crippen MR) is 91.8 cm³/mol. The van der Waals surface area contributed by atoms with Crippen molar-refractivity contribution in [2.24, 2.45) is 0 Å². The molecule has 2 aromatic rings. The second-order valence-corrected chi connectivity index (χ2v) is 6.30. The minimum absolute atomic E-state index is 0.155. The van der Waals surface area contributed by atoms with Crippen LogP contribution in [0.15, 0.2) is 29.8 Å². The van der Waals surface area contributed by atoms with Crippen LogP contribution in [0.25, 0.3) is 0 Å². The number of aromatic nitrogens is 1. The quantitative estimate of drug-likeness (QED) is 0.711. The number of carbonyl (C=O) groups is 1. The average molecular weight is 332 g/mol. The van der Waals surface area contributed by atoms with Gasteiger partial charge in [0.2, 0.25) is 0 Å². The van der Waals surface area contributed by atoms with Crippen molar-refractivity contribution in [3.8, 4) is 0 Å². The molecule has 0 aliphatic carbocycles. The van der Waals surface area contributed by atoms with Crippen molar-refractivity contribution >= 4 is 28.2 Å². The van der Waals surface area contributed by atoms with E-state index in [0.29, 0.717) is 13.0 Å². The molecule has 7 heteroatoms. The molecule has 1 aromatic carbocycles. The number of aliphatic hydroxyl groups excluding tert-OH is 1. The van der Waals surface area contributed by atoms with Crippen molar-refractivity contribution in [3.63, 3.8) is 0 Å². The summed E-state index contributed by atoms with van der Waals surface area (Å²) < 4.78 is 0. The maximum absolute atomic E-state index is 12.0. The highest BCUT2D eigenvalue weighted by Crippen LogP contribution is 2.33. The Labute approximate surface area is 139 Å². The van der Waals surface area contributed by atoms with E-state index in [1.165, 1.54) is 5.56 Å². The molecule has 6 nitrogen and oxygen atoms in total. The summed E-state index contributed by atoms with van der Waals surface area (Å²) in [5, 5.41) is 17.4. The minimum atomic E-state index is -0.205. The highest BCUT2D eigenvalue weighted by Gasteiger charge is 2.23. The second kappa shape index (κ2) is 7.43. The zero-order chi connectivity index (χ0) is 16.1. The first-order chi connectivity index (χ1) is 11.3. The molecule has 1 aliphatic rings. The monoisotopic (exact) mass is 332 g/mol. The van der Waals surface area contributed by atoms with Gasteiger partial charge < -0.3 is 20.6 Å². The third-order valence-electron chi connectivity index (χ3n) is 3.79. The summed E-state index contributed by atoms with van der Waals surface area (Å²) in [6, 6.07) is 5.78. The normalized spacial score (nSPS) is 13.0. The molecule has 2 amide bonds. The molecule has 1 aromatic heterocycles. The molecule has 0 saturated carbocycles. The zero-order valence-electron chi connectivity index (χ0n) is 12.8. The molecule has 0 unspecified atom stereocenters. The Bertz CT molecular complexity index is 660. The number of nitrogens with one attached hydrogen (secondary N) is 2. The Kier molecular flexibility index (Phi) is 5.09. The molecule has 0 fully saturated rings. The van der Waals surface area contributed by atoms with Crippen molar-refractivity contribution in [1.82, 2.24) is 10.3 Å². The van der Waals surface area contributed by atoms with Crippen LogP contribution in [0.3, 0.4) is 0 Å². The fourth-order valence-electron chi connectivity index (χ4n) is 2.65. The van der Waals surface area contributed by atoms with Crippen LogP contribution < -0.4 is 15.5 Å². The van der Waals surface area contributed by atoms with Gasteiger partial charge in [-0.2, -0.15) is 0 Å². The van der Waals surface area contributed by atoms with E-state index in [0.717, 1.165) is 35.9 Å². The third kappa shape index (κ3) is 3.80. The van der Waals surface area contributed by atoms with Gasteiger partial charge >= 0.3 is 6.03 Å². The summed E-state index contributed by atoms with van der Waals surface area (Å²) in [6.07, 6.45) is 3.28. The Hall–Kier alpha value is -2.12. The molecule has 0 saturated heterocycles. The first-order valence-corrected chi connectivity index (χ1v) is 8.57. The number of benzene rings is 1. The molecule has 122 valence electrons. The summed E-state index contributed by atoms with van der Waals surface area (Å²) in [4.78, 5) is 18.5. The first kappa shape index (κ1) is 15.8. The van der Waals surface area contributed by atoms with E-state index in [4.69, 9.17) is 5.11 Å². The minimum Gasteiger partial charge on any atom is -0.396 e. The van der Waals surface area contributed by atoms with Gasteiger partial charge in [0, 0.05) is 49.1 Å². The average Bonchev–Trinajstić information content (AvgIpc) is 3.20. The Balaban J connectivity index is 1.62. The van der Waals surface area contributed by atoms with Crippen LogP contribution in [0.4, 0.5) is 15.6 Å². The lowest BCUT2D eigenvalue weighted by Gasteiger charge is -2.13. The molecule has 2 heterocycles. The highest BCUT2D eigenvalue weighted by molar-refractivity contribution is 7.13. The van der Waals surface area contributed by atoms with Crippen molar-refractivity contribution < 1.29 is 9.90 Å². The van der Waals surface area contributed by atoms with Crippen molar-refractivity contribution in [2.45, 2.75) is 25.9 Å². The molecule has 0 radical (unpaired) electrons. The highest BCUT2D eigenvalue weighted by atomic mass is 32.1. The Morgan fingerprint density at radius 3 is 3.04 bits per heavy atom. The lowest BCUT2D eigenvalue weighted by atomic mass is 10.1. The summed E-state index contributed by atoms with van der Waals surface area (Å²) in [6.45, 7) is 2.29. The summed E-state index contributed by atoms with van der Waals surface area (Å²) in [7, 11) is 0. The van der Waals surface area contributed by atoms with E-state index >= 15 is 0 Å². The van der Waals surface area contributed by atoms with Gasteiger partial charge in [-0.15, -0.1) is 11.3 Å². The number of unbranched alkanes of at least 4 members (excludes halogenated alkanes) is 1. The van der Waals surface area contributed by atoms with Crippen LogP contribution in [0, 0.1) is 0 Å². The number of hydrogen-bond donors (Lipinski definition) is 3. The fourth-order valence-corrected chi connectivity index (χ4v) is 3.29. The number of nitrogens with zero attached hydrogens (tertiary/aromatic N) is 2. The topological polar surface area (TPSA) is 77.5 Å². The number of aliphatic hydroxyl groups is 1. The largest absolute Gasteiger partial charge is 0.396 e. The van der Waals surface area contributed by atoms with Gasteiger partial charge in [0.25, 0.3) is 0 Å². The molecule has 0 spiro atoms. The number of anilines is 2. The van der Waals surface area contributed by atoms with E-state index in [-0.39, 0.29) is 12.6 Å². The number of thiazole rings is 1. The van der Waals surface area contributed by atoms with Crippen LogP contribution in [0.2, 0.25) is 0 Å². The summed E-state index contributed by atoms with van der Waals surface area (Å²) in [5.41, 5.74) is 3.22. The van der Waals surface area contributed by atoms with E-state index in [9.17, 15) is 4.79 Å². The van der Waals surface area contributed by atoms with Gasteiger partial charge in [0.15, 0.2) is 5.13 Å². The molecular formula is C16H20N4O2S.